The molecule has 100 valence electrons. The lowest BCUT2D eigenvalue weighted by molar-refractivity contribution is 0.322. The van der Waals surface area contributed by atoms with E-state index in [1.54, 1.807) is 11.3 Å². The van der Waals surface area contributed by atoms with Crippen LogP contribution in [0.3, 0.4) is 0 Å². The Morgan fingerprint density at radius 2 is 2.26 bits per heavy atom. The predicted octanol–water partition coefficient (Wildman–Crippen LogP) is 2.54. The van der Waals surface area contributed by atoms with Crippen molar-refractivity contribution in [2.75, 3.05) is 13.1 Å². The number of hydrogen-bond acceptors (Lipinski definition) is 5. The standard InChI is InChI=1S/C14H18N4S/c1-10-3-5-15-14(16-10)12-4-6-18(7-12)8-13-9-19-11(2)17-13/h3,5,9,12H,4,6-8H2,1-2H3/t12-/m0/s1. The van der Waals surface area contributed by atoms with E-state index in [2.05, 4.69) is 32.2 Å². The van der Waals surface area contributed by atoms with Crippen LogP contribution in [0.1, 0.15) is 34.6 Å². The maximum absolute atomic E-state index is 4.55. The van der Waals surface area contributed by atoms with E-state index in [0.29, 0.717) is 5.92 Å². The lowest BCUT2D eigenvalue weighted by Gasteiger charge is -2.14. The van der Waals surface area contributed by atoms with Gasteiger partial charge in [-0.1, -0.05) is 0 Å². The van der Waals surface area contributed by atoms with E-state index in [-0.39, 0.29) is 0 Å². The average Bonchev–Trinajstić information content (AvgIpc) is 2.99. The van der Waals surface area contributed by atoms with E-state index in [4.69, 9.17) is 0 Å². The Morgan fingerprint density at radius 3 is 3.00 bits per heavy atom. The van der Waals surface area contributed by atoms with Gasteiger partial charge in [0.05, 0.1) is 10.7 Å². The van der Waals surface area contributed by atoms with Gasteiger partial charge in [-0.25, -0.2) is 15.0 Å². The maximum atomic E-state index is 4.55. The molecule has 2 aromatic heterocycles. The van der Waals surface area contributed by atoms with Gasteiger partial charge in [-0.15, -0.1) is 11.3 Å². The fraction of sp³-hybridized carbons (Fsp3) is 0.500. The first-order valence-electron chi connectivity index (χ1n) is 6.63. The van der Waals surface area contributed by atoms with Gasteiger partial charge in [-0.3, -0.25) is 4.90 Å². The van der Waals surface area contributed by atoms with Gasteiger partial charge in [0.2, 0.25) is 0 Å². The highest BCUT2D eigenvalue weighted by molar-refractivity contribution is 7.09. The Balaban J connectivity index is 1.64. The maximum Gasteiger partial charge on any atom is 0.132 e. The molecule has 0 aliphatic carbocycles. The minimum Gasteiger partial charge on any atom is -0.297 e. The molecule has 3 heterocycles. The van der Waals surface area contributed by atoms with Crippen LogP contribution in [0.5, 0.6) is 0 Å². The summed E-state index contributed by atoms with van der Waals surface area (Å²) in [6.45, 7) is 7.18. The lowest BCUT2D eigenvalue weighted by Crippen LogP contribution is -2.20. The summed E-state index contributed by atoms with van der Waals surface area (Å²) in [6, 6.07) is 1.95. The first kappa shape index (κ1) is 12.7. The van der Waals surface area contributed by atoms with Crippen LogP contribution in [0.2, 0.25) is 0 Å². The van der Waals surface area contributed by atoms with Crippen LogP contribution >= 0.6 is 11.3 Å². The highest BCUT2D eigenvalue weighted by Crippen LogP contribution is 2.26. The van der Waals surface area contributed by atoms with E-state index in [9.17, 15) is 0 Å². The molecule has 0 N–H and O–H groups in total. The normalized spacial score (nSPS) is 20.0. The van der Waals surface area contributed by atoms with E-state index in [1.165, 1.54) is 5.69 Å². The molecule has 19 heavy (non-hydrogen) atoms. The van der Waals surface area contributed by atoms with Crippen molar-refractivity contribution >= 4 is 11.3 Å². The summed E-state index contributed by atoms with van der Waals surface area (Å²) in [4.78, 5) is 15.9. The highest BCUT2D eigenvalue weighted by atomic mass is 32.1. The number of rotatable bonds is 3. The Morgan fingerprint density at radius 1 is 1.37 bits per heavy atom. The molecule has 0 aromatic carbocycles. The van der Waals surface area contributed by atoms with E-state index in [0.717, 1.165) is 42.6 Å². The minimum absolute atomic E-state index is 0.472. The average molecular weight is 274 g/mol. The molecule has 1 atom stereocenters. The molecule has 0 spiro atoms. The fourth-order valence-corrected chi connectivity index (χ4v) is 3.17. The minimum atomic E-state index is 0.472. The number of aromatic nitrogens is 3. The Hall–Kier alpha value is -1.33. The third kappa shape index (κ3) is 2.98. The third-order valence-electron chi connectivity index (χ3n) is 3.50. The summed E-state index contributed by atoms with van der Waals surface area (Å²) < 4.78 is 0. The quantitative estimate of drug-likeness (QED) is 0.862. The zero-order chi connectivity index (χ0) is 13.2. The zero-order valence-corrected chi connectivity index (χ0v) is 12.2. The van der Waals surface area contributed by atoms with Crippen LogP contribution in [0.15, 0.2) is 17.6 Å². The molecule has 2 aromatic rings. The van der Waals surface area contributed by atoms with Crippen LogP contribution in [0.25, 0.3) is 0 Å². The number of thiazole rings is 1. The van der Waals surface area contributed by atoms with Gasteiger partial charge in [0.25, 0.3) is 0 Å². The van der Waals surface area contributed by atoms with Gasteiger partial charge in [0, 0.05) is 36.3 Å². The lowest BCUT2D eigenvalue weighted by atomic mass is 10.1. The van der Waals surface area contributed by atoms with Crippen molar-refractivity contribution in [2.24, 2.45) is 0 Å². The van der Waals surface area contributed by atoms with Crippen LogP contribution < -0.4 is 0 Å². The van der Waals surface area contributed by atoms with Gasteiger partial charge in [0.15, 0.2) is 0 Å². The van der Waals surface area contributed by atoms with Crippen molar-refractivity contribution in [1.82, 2.24) is 19.9 Å². The molecule has 5 heteroatoms. The molecule has 0 radical (unpaired) electrons. The molecular weight excluding hydrogens is 256 g/mol. The summed E-state index contributed by atoms with van der Waals surface area (Å²) >= 11 is 1.72. The first-order valence-corrected chi connectivity index (χ1v) is 7.51. The van der Waals surface area contributed by atoms with E-state index in [1.807, 2.05) is 19.2 Å². The Labute approximate surface area is 117 Å². The number of hydrogen-bond donors (Lipinski definition) is 0. The molecule has 0 bridgehead atoms. The van der Waals surface area contributed by atoms with Crippen molar-refractivity contribution in [3.63, 3.8) is 0 Å². The second-order valence-corrected chi connectivity index (χ2v) is 6.20. The van der Waals surface area contributed by atoms with Crippen molar-refractivity contribution in [2.45, 2.75) is 32.7 Å². The van der Waals surface area contributed by atoms with Gasteiger partial charge in [0.1, 0.15) is 5.82 Å². The topological polar surface area (TPSA) is 41.9 Å². The molecule has 1 fully saturated rings. The van der Waals surface area contributed by atoms with Gasteiger partial charge >= 0.3 is 0 Å². The van der Waals surface area contributed by atoms with E-state index >= 15 is 0 Å². The van der Waals surface area contributed by atoms with Crippen LogP contribution in [-0.2, 0) is 6.54 Å². The van der Waals surface area contributed by atoms with Gasteiger partial charge in [-0.2, -0.15) is 0 Å². The van der Waals surface area contributed by atoms with Crippen LogP contribution in [0.4, 0.5) is 0 Å². The second-order valence-electron chi connectivity index (χ2n) is 5.13. The van der Waals surface area contributed by atoms with Gasteiger partial charge < -0.3 is 0 Å². The molecule has 0 unspecified atom stereocenters. The van der Waals surface area contributed by atoms with Crippen molar-refractivity contribution < 1.29 is 0 Å². The number of aryl methyl sites for hydroxylation is 2. The molecule has 0 amide bonds. The molecular formula is C14H18N4S. The van der Waals surface area contributed by atoms with Gasteiger partial charge in [-0.05, 0) is 32.9 Å². The Kier molecular flexibility index (Phi) is 3.57. The Bertz CT molecular complexity index is 566. The van der Waals surface area contributed by atoms with Crippen molar-refractivity contribution in [3.8, 4) is 0 Å². The van der Waals surface area contributed by atoms with Crippen molar-refractivity contribution in [1.29, 1.82) is 0 Å². The highest BCUT2D eigenvalue weighted by Gasteiger charge is 2.26. The molecule has 4 nitrogen and oxygen atoms in total. The third-order valence-corrected chi connectivity index (χ3v) is 4.33. The van der Waals surface area contributed by atoms with Crippen LogP contribution in [-0.4, -0.2) is 32.9 Å². The SMILES string of the molecule is Cc1ccnc([C@H]2CCN(Cc3csc(C)n3)C2)n1. The first-order chi connectivity index (χ1) is 9.20. The zero-order valence-electron chi connectivity index (χ0n) is 11.3. The van der Waals surface area contributed by atoms with Crippen molar-refractivity contribution in [3.05, 3.63) is 39.9 Å². The van der Waals surface area contributed by atoms with Crippen LogP contribution in [0, 0.1) is 13.8 Å². The molecule has 0 saturated carbocycles. The summed E-state index contributed by atoms with van der Waals surface area (Å²) in [5, 5.41) is 3.30. The molecule has 1 aliphatic heterocycles. The number of nitrogens with zero attached hydrogens (tertiary/aromatic N) is 4. The summed E-state index contributed by atoms with van der Waals surface area (Å²) in [5.41, 5.74) is 2.24. The molecule has 1 aliphatic rings. The predicted molar refractivity (Wildman–Crippen MR) is 76.3 cm³/mol. The summed E-state index contributed by atoms with van der Waals surface area (Å²) in [6.07, 6.45) is 3.01. The largest absolute Gasteiger partial charge is 0.297 e. The fourth-order valence-electron chi connectivity index (χ4n) is 2.56. The number of likely N-dealkylation sites (tertiary alicyclic amines) is 1. The summed E-state index contributed by atoms with van der Waals surface area (Å²) in [7, 11) is 0. The van der Waals surface area contributed by atoms with E-state index < -0.39 is 0 Å². The smallest absolute Gasteiger partial charge is 0.132 e. The second kappa shape index (κ2) is 5.35. The monoisotopic (exact) mass is 274 g/mol. The molecule has 1 saturated heterocycles. The molecule has 3 rings (SSSR count). The summed E-state index contributed by atoms with van der Waals surface area (Å²) in [5.74, 6) is 1.47.